The predicted molar refractivity (Wildman–Crippen MR) is 213 cm³/mol. The van der Waals surface area contributed by atoms with Crippen LogP contribution in [0.4, 0.5) is 9.18 Å². The third-order valence-corrected chi connectivity index (χ3v) is 11.8. The molecule has 2 fully saturated rings. The molecule has 0 aliphatic carbocycles. The van der Waals surface area contributed by atoms with E-state index in [-0.39, 0.29) is 43.3 Å². The fraction of sp³-hybridized carbons (Fsp3) is 0.763. The Bertz CT molecular complexity index is 1470. The molecule has 334 valence electrons. The number of fused-ring (bicyclic) bond motifs is 1. The number of ketones is 1. The number of aliphatic hydroxyl groups excluding tert-OH is 1. The number of Topliss-reactive ketones (excluding diaryl/α,β-unsaturated/α-hetero) is 1. The zero-order chi connectivity index (χ0) is 44.1. The molecule has 7 amide bonds. The molecule has 2 aliphatic rings. The summed E-state index contributed by atoms with van der Waals surface area (Å²) in [6.07, 6.45) is 2.32. The molecule has 0 bridgehead atoms. The van der Waals surface area contributed by atoms with Crippen molar-refractivity contribution in [3.8, 4) is 0 Å². The van der Waals surface area contributed by atoms with Gasteiger partial charge in [-0.05, 0) is 44.9 Å². The number of unbranched alkanes of at least 4 members (excludes halogenated alkanes) is 3. The van der Waals surface area contributed by atoms with Gasteiger partial charge in [0.1, 0.15) is 30.8 Å². The number of nitrogens with one attached hydrogen (secondary N) is 7. The highest BCUT2D eigenvalue weighted by molar-refractivity contribution is 8.00. The lowest BCUT2D eigenvalue weighted by atomic mass is 9.97. The average Bonchev–Trinajstić information content (AvgIpc) is 3.77. The third kappa shape index (κ3) is 17.7. The highest BCUT2D eigenvalue weighted by atomic mass is 32.2. The van der Waals surface area contributed by atoms with Crippen molar-refractivity contribution < 1.29 is 62.1 Å². The maximum atomic E-state index is 13.6. The summed E-state index contributed by atoms with van der Waals surface area (Å²) >= 11 is 1.84. The number of rotatable bonds is 28. The van der Waals surface area contributed by atoms with E-state index in [1.54, 1.807) is 13.8 Å². The Kier molecular flexibility index (Phi) is 22.8. The van der Waals surface area contributed by atoms with Gasteiger partial charge < -0.3 is 51.8 Å². The van der Waals surface area contributed by atoms with Gasteiger partial charge in [0, 0.05) is 36.8 Å². The second-order valence-electron chi connectivity index (χ2n) is 14.8. The molecule has 21 heteroatoms. The van der Waals surface area contributed by atoms with Gasteiger partial charge in [-0.2, -0.15) is 11.8 Å². The van der Waals surface area contributed by atoms with Crippen molar-refractivity contribution in [3.63, 3.8) is 0 Å². The minimum atomic E-state index is -1.75. The lowest BCUT2D eigenvalue weighted by Gasteiger charge is -2.28. The zero-order valence-electron chi connectivity index (χ0n) is 34.5. The topological polar surface area (TPSA) is 277 Å². The predicted octanol–water partition coefficient (Wildman–Crippen LogP) is -0.190. The first-order valence-corrected chi connectivity index (χ1v) is 21.2. The van der Waals surface area contributed by atoms with E-state index >= 15 is 0 Å². The Hall–Kier alpha value is -4.53. The smallest absolute Gasteiger partial charge is 0.315 e. The van der Waals surface area contributed by atoms with Crippen molar-refractivity contribution in [2.75, 3.05) is 33.2 Å². The summed E-state index contributed by atoms with van der Waals surface area (Å²) in [6, 6.07) is -5.77. The van der Waals surface area contributed by atoms with Crippen LogP contribution in [0, 0.1) is 5.92 Å². The molecule has 2 heterocycles. The van der Waals surface area contributed by atoms with Gasteiger partial charge in [-0.25, -0.2) is 9.18 Å². The van der Waals surface area contributed by atoms with Gasteiger partial charge in [0.05, 0.1) is 38.8 Å². The minimum absolute atomic E-state index is 0.0458. The van der Waals surface area contributed by atoms with Crippen LogP contribution in [0.15, 0.2) is 0 Å². The van der Waals surface area contributed by atoms with Crippen LogP contribution in [0.2, 0.25) is 0 Å². The van der Waals surface area contributed by atoms with Crippen LogP contribution in [0.5, 0.6) is 0 Å². The molecule has 8 N–H and O–H groups in total. The summed E-state index contributed by atoms with van der Waals surface area (Å²) in [5.74, 6) is -5.67. The maximum absolute atomic E-state index is 13.6. The van der Waals surface area contributed by atoms with Crippen molar-refractivity contribution in [3.05, 3.63) is 0 Å². The lowest BCUT2D eigenvalue weighted by Crippen LogP contribution is -2.60. The average molecular weight is 860 g/mol. The van der Waals surface area contributed by atoms with Crippen molar-refractivity contribution in [1.29, 1.82) is 0 Å². The van der Waals surface area contributed by atoms with Crippen LogP contribution >= 0.6 is 11.8 Å². The van der Waals surface area contributed by atoms with E-state index in [1.165, 1.54) is 0 Å². The highest BCUT2D eigenvalue weighted by Gasteiger charge is 2.42. The van der Waals surface area contributed by atoms with Crippen LogP contribution in [0.25, 0.3) is 0 Å². The fourth-order valence-electron chi connectivity index (χ4n) is 6.53. The number of hydrogen-bond donors (Lipinski definition) is 8. The summed E-state index contributed by atoms with van der Waals surface area (Å²) in [5.41, 5.74) is 0. The number of carbonyl (C=O) groups excluding carboxylic acids is 9. The van der Waals surface area contributed by atoms with Gasteiger partial charge in [0.25, 0.3) is 0 Å². The first kappa shape index (κ1) is 50.6. The third-order valence-electron chi connectivity index (χ3n) is 10.3. The summed E-state index contributed by atoms with van der Waals surface area (Å²) < 4.78 is 22.3. The molecule has 2 aliphatic heterocycles. The van der Waals surface area contributed by atoms with Crippen LogP contribution in [0.1, 0.15) is 97.8 Å². The van der Waals surface area contributed by atoms with E-state index < -0.39 is 90.6 Å². The van der Waals surface area contributed by atoms with E-state index in [4.69, 9.17) is 0 Å². The molecule has 2 saturated heterocycles. The summed E-state index contributed by atoms with van der Waals surface area (Å²) in [5, 5.41) is 29.2. The normalized spacial score (nSPS) is 19.8. The summed E-state index contributed by atoms with van der Waals surface area (Å²) in [6.45, 7) is 3.61. The number of carbonyl (C=O) groups is 9. The van der Waals surface area contributed by atoms with Crippen LogP contribution in [-0.4, -0.2) is 139 Å². The van der Waals surface area contributed by atoms with E-state index in [2.05, 4.69) is 46.7 Å². The Balaban J connectivity index is 1.89. The van der Waals surface area contributed by atoms with Crippen LogP contribution < -0.4 is 37.2 Å². The van der Waals surface area contributed by atoms with E-state index in [0.29, 0.717) is 43.9 Å². The molecule has 0 aromatic rings. The van der Waals surface area contributed by atoms with E-state index in [9.17, 15) is 52.6 Å². The monoisotopic (exact) mass is 859 g/mol. The highest BCUT2D eigenvalue weighted by Crippen LogP contribution is 2.33. The van der Waals surface area contributed by atoms with Crippen LogP contribution in [0.3, 0.4) is 0 Å². The number of hydrogen-bond acceptors (Lipinski definition) is 13. The second-order valence-corrected chi connectivity index (χ2v) is 16.1. The quantitative estimate of drug-likeness (QED) is 0.0288. The Morgan fingerprint density at radius 1 is 0.797 bits per heavy atom. The molecule has 0 saturated carbocycles. The zero-order valence-corrected chi connectivity index (χ0v) is 35.3. The number of amides is 7. The number of thioether (sulfide) groups is 1. The maximum Gasteiger partial charge on any atom is 0.315 e. The molecule has 9 atom stereocenters. The Labute approximate surface area is 348 Å². The number of ether oxygens (including phenoxy) is 2. The Morgan fingerprint density at radius 3 is 2.08 bits per heavy atom. The van der Waals surface area contributed by atoms with E-state index in [0.717, 1.165) is 46.2 Å². The molecular weight excluding hydrogens is 798 g/mol. The largest absolute Gasteiger partial charge is 0.469 e. The number of halogens is 1. The molecule has 0 spiro atoms. The molecule has 0 aromatic carbocycles. The second kappa shape index (κ2) is 26.5. The standard InChI is InChI=1S/C38H62FN7O12S/c1-6-21(2)32(44-29(50)14-8-7-11-17-40-28(49)13-10-9-12-27-34-25(20-59-27)43-38(56)46-34)36(54)41-23(15-16-30(51)57-4)35(53)45-33(22(3)47)37(55)42-24(26(48)19-39)18-31(52)58-5/h21-25,27,32-34,47H,6-20H2,1-5H3,(H,40,49)(H,41,54)(H,42,55)(H,44,50)(H,45,53)(H2,43,46,56). The molecule has 19 nitrogen and oxygen atoms in total. The van der Waals surface area contributed by atoms with Crippen molar-refractivity contribution in [2.24, 2.45) is 5.92 Å². The van der Waals surface area contributed by atoms with Gasteiger partial charge in [0.2, 0.25) is 29.5 Å². The van der Waals surface area contributed by atoms with Crippen molar-refractivity contribution >= 4 is 65.1 Å². The molecule has 0 radical (unpaired) electrons. The number of urea groups is 1. The van der Waals surface area contributed by atoms with Gasteiger partial charge in [-0.15, -0.1) is 0 Å². The van der Waals surface area contributed by atoms with Gasteiger partial charge in [-0.3, -0.25) is 38.4 Å². The van der Waals surface area contributed by atoms with Crippen molar-refractivity contribution in [1.82, 2.24) is 37.2 Å². The molecular formula is C38H62FN7O12S. The Morgan fingerprint density at radius 2 is 1.44 bits per heavy atom. The van der Waals surface area contributed by atoms with Crippen LogP contribution in [-0.2, 0) is 47.8 Å². The molecule has 59 heavy (non-hydrogen) atoms. The van der Waals surface area contributed by atoms with E-state index in [1.807, 2.05) is 11.8 Å². The van der Waals surface area contributed by atoms with Crippen molar-refractivity contribution in [2.45, 2.75) is 145 Å². The minimum Gasteiger partial charge on any atom is -0.469 e. The molecule has 0 aromatic heterocycles. The van der Waals surface area contributed by atoms with Gasteiger partial charge >= 0.3 is 18.0 Å². The number of esters is 2. The summed E-state index contributed by atoms with van der Waals surface area (Å²) in [4.78, 5) is 113. The molecule has 2 rings (SSSR count). The number of methoxy groups -OCH3 is 2. The summed E-state index contributed by atoms with van der Waals surface area (Å²) in [7, 11) is 2.15. The lowest BCUT2D eigenvalue weighted by molar-refractivity contribution is -0.144. The number of aliphatic hydroxyl groups is 1. The molecule has 9 unspecified atom stereocenters. The van der Waals surface area contributed by atoms with Gasteiger partial charge in [0.15, 0.2) is 5.78 Å². The first-order valence-electron chi connectivity index (χ1n) is 20.1. The fourth-order valence-corrected chi connectivity index (χ4v) is 8.07. The number of alkyl halides is 1. The SMILES string of the molecule is CCC(C)C(NC(=O)CCCCCNC(=O)CCCCC1SCC2NC(=O)NC21)C(=O)NC(CCC(=O)OC)C(=O)NC(C(=O)NC(CC(=O)OC)C(=O)CF)C(C)O. The van der Waals surface area contributed by atoms with Gasteiger partial charge in [-0.1, -0.05) is 33.1 Å². The first-order chi connectivity index (χ1) is 28.0.